The zero-order valence-electron chi connectivity index (χ0n) is 17.1. The summed E-state index contributed by atoms with van der Waals surface area (Å²) in [6.45, 7) is 2.18. The lowest BCUT2D eigenvalue weighted by Gasteiger charge is -2.32. The second-order valence-electron chi connectivity index (χ2n) is 8.56. The van der Waals surface area contributed by atoms with Crippen molar-refractivity contribution in [2.24, 2.45) is 11.8 Å². The fraction of sp³-hybridized carbons (Fsp3) is 0.652. The summed E-state index contributed by atoms with van der Waals surface area (Å²) in [6.07, 6.45) is 9.66. The van der Waals surface area contributed by atoms with E-state index in [9.17, 15) is 9.59 Å². The fourth-order valence-electron chi connectivity index (χ4n) is 4.59. The Labute approximate surface area is 168 Å². The first kappa shape index (κ1) is 20.7. The lowest BCUT2D eigenvalue weighted by Crippen LogP contribution is -2.36. The van der Waals surface area contributed by atoms with Gasteiger partial charge in [-0.05, 0) is 42.9 Å². The van der Waals surface area contributed by atoms with Gasteiger partial charge in [0.25, 0.3) is 0 Å². The number of piperidine rings is 1. The van der Waals surface area contributed by atoms with Crippen LogP contribution in [0.25, 0.3) is 0 Å². The summed E-state index contributed by atoms with van der Waals surface area (Å²) in [5.41, 5.74) is 2.26. The first-order valence-electron chi connectivity index (χ1n) is 10.8. The van der Waals surface area contributed by atoms with Crippen LogP contribution in [0.2, 0.25) is 0 Å². The predicted molar refractivity (Wildman–Crippen MR) is 111 cm³/mol. The van der Waals surface area contributed by atoms with E-state index in [4.69, 9.17) is 5.11 Å². The van der Waals surface area contributed by atoms with Gasteiger partial charge in [-0.15, -0.1) is 0 Å². The Morgan fingerprint density at radius 1 is 1.11 bits per heavy atom. The smallest absolute Gasteiger partial charge is 0.306 e. The molecule has 1 aromatic rings. The number of hydrogen-bond donors (Lipinski definition) is 1. The molecule has 0 unspecified atom stereocenters. The molecular weight excluding hydrogens is 352 g/mol. The second kappa shape index (κ2) is 9.94. The second-order valence-corrected chi connectivity index (χ2v) is 8.56. The number of nitrogens with zero attached hydrogens (tertiary/aromatic N) is 2. The molecule has 1 N–H and O–H groups in total. The van der Waals surface area contributed by atoms with E-state index in [0.29, 0.717) is 25.8 Å². The Hall–Kier alpha value is -2.04. The fourth-order valence-corrected chi connectivity index (χ4v) is 4.59. The Kier molecular flexibility index (Phi) is 7.35. The van der Waals surface area contributed by atoms with Crippen molar-refractivity contribution >= 4 is 17.6 Å². The third-order valence-corrected chi connectivity index (χ3v) is 6.46. The number of benzene rings is 1. The van der Waals surface area contributed by atoms with Gasteiger partial charge >= 0.3 is 5.97 Å². The van der Waals surface area contributed by atoms with Crippen LogP contribution in [0.4, 0.5) is 5.69 Å². The summed E-state index contributed by atoms with van der Waals surface area (Å²) in [4.78, 5) is 27.8. The van der Waals surface area contributed by atoms with Crippen molar-refractivity contribution in [2.45, 2.75) is 64.3 Å². The zero-order chi connectivity index (χ0) is 19.9. The monoisotopic (exact) mass is 386 g/mol. The maximum atomic E-state index is 12.5. The van der Waals surface area contributed by atoms with E-state index in [1.165, 1.54) is 32.1 Å². The van der Waals surface area contributed by atoms with E-state index in [1.807, 2.05) is 18.0 Å². The number of anilines is 1. The molecule has 154 valence electrons. The average molecular weight is 387 g/mol. The Morgan fingerprint density at radius 3 is 2.50 bits per heavy atom. The van der Waals surface area contributed by atoms with E-state index >= 15 is 0 Å². The van der Waals surface area contributed by atoms with Crippen LogP contribution < -0.4 is 4.90 Å². The minimum atomic E-state index is -0.679. The van der Waals surface area contributed by atoms with Gasteiger partial charge in [-0.3, -0.25) is 9.59 Å². The normalized spacial score (nSPS) is 18.8. The minimum Gasteiger partial charge on any atom is -0.481 e. The van der Waals surface area contributed by atoms with Crippen molar-refractivity contribution < 1.29 is 14.7 Å². The summed E-state index contributed by atoms with van der Waals surface area (Å²) in [5.74, 6) is 0.0792. The van der Waals surface area contributed by atoms with E-state index in [2.05, 4.69) is 23.1 Å². The molecular formula is C23H34N2O3. The largest absolute Gasteiger partial charge is 0.481 e. The van der Waals surface area contributed by atoms with Crippen molar-refractivity contribution in [3.05, 3.63) is 29.8 Å². The van der Waals surface area contributed by atoms with E-state index in [1.54, 1.807) is 0 Å². The highest BCUT2D eigenvalue weighted by Crippen LogP contribution is 2.28. The summed E-state index contributed by atoms with van der Waals surface area (Å²) >= 11 is 0. The molecule has 0 radical (unpaired) electrons. The van der Waals surface area contributed by atoms with Gasteiger partial charge in [-0.25, -0.2) is 0 Å². The maximum Gasteiger partial charge on any atom is 0.306 e. The molecule has 1 saturated heterocycles. The molecule has 5 heteroatoms. The van der Waals surface area contributed by atoms with Crippen LogP contribution in [-0.2, 0) is 16.1 Å². The molecule has 1 amide bonds. The molecule has 0 bridgehead atoms. The van der Waals surface area contributed by atoms with Gasteiger partial charge in [0.15, 0.2) is 0 Å². The Balaban J connectivity index is 1.49. The van der Waals surface area contributed by atoms with Crippen LogP contribution in [0.1, 0.15) is 63.4 Å². The van der Waals surface area contributed by atoms with Crippen LogP contribution in [-0.4, -0.2) is 42.0 Å². The van der Waals surface area contributed by atoms with E-state index < -0.39 is 5.97 Å². The minimum absolute atomic E-state index is 0.215. The molecule has 2 aliphatic rings. The molecule has 0 aromatic heterocycles. The third kappa shape index (κ3) is 5.73. The lowest BCUT2D eigenvalue weighted by atomic mass is 9.86. The maximum absolute atomic E-state index is 12.5. The number of carbonyl (C=O) groups excluding carboxylic acids is 1. The molecule has 1 aliphatic carbocycles. The number of carboxylic acid groups (broad SMARTS) is 1. The van der Waals surface area contributed by atoms with Crippen LogP contribution >= 0.6 is 0 Å². The zero-order valence-corrected chi connectivity index (χ0v) is 17.1. The first-order chi connectivity index (χ1) is 13.5. The SMILES string of the molecule is CN(Cc1cccc(N2CCC(C(=O)O)CC2)c1)C(=O)CCC1CCCCC1. The summed E-state index contributed by atoms with van der Waals surface area (Å²) in [5, 5.41) is 9.16. The molecule has 1 saturated carbocycles. The van der Waals surface area contributed by atoms with Gasteiger partial charge in [0.05, 0.1) is 5.92 Å². The summed E-state index contributed by atoms with van der Waals surface area (Å²) in [7, 11) is 1.90. The van der Waals surface area contributed by atoms with Gasteiger partial charge in [0.2, 0.25) is 5.91 Å². The lowest BCUT2D eigenvalue weighted by molar-refractivity contribution is -0.142. The summed E-state index contributed by atoms with van der Waals surface area (Å²) < 4.78 is 0. The van der Waals surface area contributed by atoms with Gasteiger partial charge in [0.1, 0.15) is 0 Å². The topological polar surface area (TPSA) is 60.9 Å². The quantitative estimate of drug-likeness (QED) is 0.759. The van der Waals surface area contributed by atoms with Crippen molar-refractivity contribution in [1.29, 1.82) is 0 Å². The number of aliphatic carboxylic acids is 1. The molecule has 1 aromatic carbocycles. The summed E-state index contributed by atoms with van der Waals surface area (Å²) in [6, 6.07) is 8.33. The van der Waals surface area contributed by atoms with Gasteiger partial charge in [-0.2, -0.15) is 0 Å². The van der Waals surface area contributed by atoms with Crippen LogP contribution in [0.5, 0.6) is 0 Å². The van der Waals surface area contributed by atoms with E-state index in [-0.39, 0.29) is 11.8 Å². The predicted octanol–water partition coefficient (Wildman–Crippen LogP) is 4.31. The van der Waals surface area contributed by atoms with Gasteiger partial charge in [0, 0.05) is 38.8 Å². The highest BCUT2D eigenvalue weighted by atomic mass is 16.4. The molecule has 3 rings (SSSR count). The number of carbonyl (C=O) groups is 2. The van der Waals surface area contributed by atoms with Crippen LogP contribution in [0.15, 0.2) is 24.3 Å². The molecule has 28 heavy (non-hydrogen) atoms. The van der Waals surface area contributed by atoms with Crippen molar-refractivity contribution in [1.82, 2.24) is 4.90 Å². The van der Waals surface area contributed by atoms with Gasteiger partial charge in [-0.1, -0.05) is 44.2 Å². The number of carboxylic acids is 1. The third-order valence-electron chi connectivity index (χ3n) is 6.46. The van der Waals surface area contributed by atoms with Crippen molar-refractivity contribution in [3.8, 4) is 0 Å². The molecule has 1 heterocycles. The molecule has 2 fully saturated rings. The van der Waals surface area contributed by atoms with Crippen LogP contribution in [0, 0.1) is 11.8 Å². The first-order valence-corrected chi connectivity index (χ1v) is 10.8. The Bertz CT molecular complexity index is 662. The van der Waals surface area contributed by atoms with E-state index in [0.717, 1.165) is 36.7 Å². The highest BCUT2D eigenvalue weighted by Gasteiger charge is 2.24. The molecule has 1 aliphatic heterocycles. The van der Waals surface area contributed by atoms with Crippen molar-refractivity contribution in [3.63, 3.8) is 0 Å². The molecule has 0 spiro atoms. The van der Waals surface area contributed by atoms with Crippen molar-refractivity contribution in [2.75, 3.05) is 25.0 Å². The van der Waals surface area contributed by atoms with Gasteiger partial charge < -0.3 is 14.9 Å². The number of rotatable bonds is 7. The molecule has 5 nitrogen and oxygen atoms in total. The number of amides is 1. The highest BCUT2D eigenvalue weighted by molar-refractivity contribution is 5.76. The number of hydrogen-bond acceptors (Lipinski definition) is 3. The van der Waals surface area contributed by atoms with Crippen LogP contribution in [0.3, 0.4) is 0 Å². The Morgan fingerprint density at radius 2 is 1.82 bits per heavy atom. The molecule has 0 atom stereocenters. The standard InChI is InChI=1S/C23H34N2O3/c1-24(22(26)11-10-18-6-3-2-4-7-18)17-19-8-5-9-21(16-19)25-14-12-20(13-15-25)23(27)28/h5,8-9,16,18,20H,2-4,6-7,10-15,17H2,1H3,(H,27,28). The average Bonchev–Trinajstić information content (AvgIpc) is 2.73.